The van der Waals surface area contributed by atoms with Gasteiger partial charge in [-0.2, -0.15) is 4.55 Å². The average molecular weight is 269 g/mol. The van der Waals surface area contributed by atoms with Crippen LogP contribution in [0.5, 0.6) is 0 Å². The summed E-state index contributed by atoms with van der Waals surface area (Å²) < 4.78 is 21.3. The van der Waals surface area contributed by atoms with Gasteiger partial charge in [0.25, 0.3) is 0 Å². The standard InChI is InChI=1S/C15H24O2S/c1-9(2)12-7-13(10(3)4)15(18(16)17)14(8-12)11(5)6/h7-11H,1-6H3,(H,16,17)/p+1. The summed E-state index contributed by atoms with van der Waals surface area (Å²) in [5, 5.41) is 0. The molecule has 3 heteroatoms. The molecule has 1 aromatic carbocycles. The Bertz CT molecular complexity index is 419. The maximum Gasteiger partial charge on any atom is 0.235 e. The monoisotopic (exact) mass is 269 g/mol. The number of benzene rings is 1. The van der Waals surface area contributed by atoms with Gasteiger partial charge in [0.15, 0.2) is 4.90 Å². The lowest BCUT2D eigenvalue weighted by molar-refractivity contribution is 0.515. The summed E-state index contributed by atoms with van der Waals surface area (Å²) in [6.07, 6.45) is 0. The van der Waals surface area contributed by atoms with E-state index in [4.69, 9.17) is 0 Å². The SMILES string of the molecule is CC(C)c1cc(C(C)C)c([SH+](=O)O)c(C(C)C)c1. The maximum absolute atomic E-state index is 11.7. The minimum Gasteiger partial charge on any atom is -0.184 e. The molecule has 0 bridgehead atoms. The Morgan fingerprint density at radius 1 is 0.889 bits per heavy atom. The van der Waals surface area contributed by atoms with Gasteiger partial charge in [-0.1, -0.05) is 57.9 Å². The van der Waals surface area contributed by atoms with Crippen LogP contribution >= 0.6 is 0 Å². The zero-order valence-corrected chi connectivity index (χ0v) is 13.1. The van der Waals surface area contributed by atoms with Gasteiger partial charge in [-0.05, 0) is 23.3 Å². The Labute approximate surface area is 113 Å². The van der Waals surface area contributed by atoms with E-state index in [1.807, 2.05) is 0 Å². The lowest BCUT2D eigenvalue weighted by Gasteiger charge is -2.17. The second-order valence-electron chi connectivity index (χ2n) is 5.79. The molecule has 0 aliphatic rings. The van der Waals surface area contributed by atoms with Crippen LogP contribution in [-0.4, -0.2) is 4.55 Å². The molecule has 0 fully saturated rings. The molecule has 0 aliphatic carbocycles. The zero-order chi connectivity index (χ0) is 14.0. The fourth-order valence-electron chi connectivity index (χ4n) is 2.14. The Morgan fingerprint density at radius 3 is 1.50 bits per heavy atom. The first-order chi connectivity index (χ1) is 8.25. The first-order valence-corrected chi connectivity index (χ1v) is 7.80. The highest BCUT2D eigenvalue weighted by Crippen LogP contribution is 2.33. The topological polar surface area (TPSA) is 37.3 Å². The van der Waals surface area contributed by atoms with Crippen LogP contribution in [0.1, 0.15) is 76.0 Å². The van der Waals surface area contributed by atoms with Gasteiger partial charge in [-0.3, -0.25) is 0 Å². The van der Waals surface area contributed by atoms with Crippen LogP contribution in [0.25, 0.3) is 0 Å². The predicted molar refractivity (Wildman–Crippen MR) is 79.1 cm³/mol. The molecular formula is C15H25O2S+. The molecule has 1 N–H and O–H groups in total. The van der Waals surface area contributed by atoms with Crippen LogP contribution in [0.4, 0.5) is 0 Å². The second-order valence-corrected chi connectivity index (χ2v) is 6.78. The van der Waals surface area contributed by atoms with Crippen molar-refractivity contribution in [3.63, 3.8) is 0 Å². The highest BCUT2D eigenvalue weighted by molar-refractivity contribution is 7.79. The normalized spacial score (nSPS) is 13.7. The smallest absolute Gasteiger partial charge is 0.184 e. The first-order valence-electron chi connectivity index (χ1n) is 6.59. The van der Waals surface area contributed by atoms with Crippen molar-refractivity contribution in [2.45, 2.75) is 64.2 Å². The van der Waals surface area contributed by atoms with Crippen molar-refractivity contribution in [1.82, 2.24) is 0 Å². The van der Waals surface area contributed by atoms with Gasteiger partial charge in [-0.15, -0.1) is 0 Å². The zero-order valence-electron chi connectivity index (χ0n) is 12.2. The number of hydrogen-bond acceptors (Lipinski definition) is 1. The highest BCUT2D eigenvalue weighted by atomic mass is 32.2. The summed E-state index contributed by atoms with van der Waals surface area (Å²) in [4.78, 5) is 0.652. The molecule has 1 atom stereocenters. The summed E-state index contributed by atoms with van der Waals surface area (Å²) in [5.41, 5.74) is 3.30. The van der Waals surface area contributed by atoms with Crippen molar-refractivity contribution in [1.29, 1.82) is 0 Å². The van der Waals surface area contributed by atoms with Gasteiger partial charge >= 0.3 is 0 Å². The Morgan fingerprint density at radius 2 is 1.28 bits per heavy atom. The van der Waals surface area contributed by atoms with Gasteiger partial charge in [-0.25, -0.2) is 0 Å². The van der Waals surface area contributed by atoms with Gasteiger partial charge in [0.2, 0.25) is 11.1 Å². The van der Waals surface area contributed by atoms with Gasteiger partial charge in [0.1, 0.15) is 0 Å². The van der Waals surface area contributed by atoms with Crippen LogP contribution in [0.15, 0.2) is 17.0 Å². The quantitative estimate of drug-likeness (QED) is 0.641. The molecule has 0 aliphatic heterocycles. The lowest BCUT2D eigenvalue weighted by atomic mass is 9.89. The lowest BCUT2D eigenvalue weighted by Crippen LogP contribution is -2.07. The molecule has 2 nitrogen and oxygen atoms in total. The van der Waals surface area contributed by atoms with Crippen LogP contribution < -0.4 is 0 Å². The summed E-state index contributed by atoms with van der Waals surface area (Å²) in [5.74, 6) is 0.968. The maximum atomic E-state index is 11.7. The molecule has 0 aromatic heterocycles. The first kappa shape index (κ1) is 15.4. The van der Waals surface area contributed by atoms with Crippen molar-refractivity contribution < 1.29 is 8.76 Å². The van der Waals surface area contributed by atoms with E-state index >= 15 is 0 Å². The van der Waals surface area contributed by atoms with Crippen molar-refractivity contribution in [2.24, 2.45) is 0 Å². The van der Waals surface area contributed by atoms with Gasteiger partial charge in [0.05, 0.1) is 0 Å². The summed E-state index contributed by atoms with van der Waals surface area (Å²) >= 11 is -2.28. The van der Waals surface area contributed by atoms with E-state index < -0.39 is 11.1 Å². The summed E-state index contributed by atoms with van der Waals surface area (Å²) in [7, 11) is 0. The second kappa shape index (κ2) is 5.98. The molecule has 0 heterocycles. The van der Waals surface area contributed by atoms with E-state index in [1.54, 1.807) is 0 Å². The molecule has 0 amide bonds. The molecule has 0 spiro atoms. The highest BCUT2D eigenvalue weighted by Gasteiger charge is 2.24. The molecule has 102 valence electrons. The van der Waals surface area contributed by atoms with E-state index in [2.05, 4.69) is 53.7 Å². The minimum atomic E-state index is -2.28. The van der Waals surface area contributed by atoms with Crippen molar-refractivity contribution in [3.05, 3.63) is 28.8 Å². The Balaban J connectivity index is 3.60. The fraction of sp³-hybridized carbons (Fsp3) is 0.600. The van der Waals surface area contributed by atoms with Crippen molar-refractivity contribution in [2.75, 3.05) is 0 Å². The Kier molecular flexibility index (Phi) is 5.11. The van der Waals surface area contributed by atoms with Crippen molar-refractivity contribution >= 4 is 11.1 Å². The van der Waals surface area contributed by atoms with E-state index in [0.717, 1.165) is 11.1 Å². The van der Waals surface area contributed by atoms with Crippen LogP contribution in [-0.2, 0) is 15.3 Å². The van der Waals surface area contributed by atoms with E-state index in [1.165, 1.54) is 5.56 Å². The number of rotatable bonds is 4. The van der Waals surface area contributed by atoms with Crippen LogP contribution in [0, 0.1) is 0 Å². The molecule has 18 heavy (non-hydrogen) atoms. The third kappa shape index (κ3) is 3.21. The van der Waals surface area contributed by atoms with Gasteiger partial charge < -0.3 is 0 Å². The van der Waals surface area contributed by atoms with Crippen LogP contribution in [0.3, 0.4) is 0 Å². The Hall–Kier alpha value is -0.670. The minimum absolute atomic E-state index is 0.266. The molecule has 1 unspecified atom stereocenters. The molecule has 1 aromatic rings. The molecule has 0 saturated heterocycles. The summed E-state index contributed by atoms with van der Waals surface area (Å²) in [6.45, 7) is 12.6. The van der Waals surface area contributed by atoms with E-state index in [9.17, 15) is 8.76 Å². The van der Waals surface area contributed by atoms with E-state index in [-0.39, 0.29) is 11.8 Å². The largest absolute Gasteiger partial charge is 0.235 e. The van der Waals surface area contributed by atoms with Crippen molar-refractivity contribution in [3.8, 4) is 0 Å². The molecule has 1 rings (SSSR count). The van der Waals surface area contributed by atoms with Crippen LogP contribution in [0.2, 0.25) is 0 Å². The summed E-state index contributed by atoms with van der Waals surface area (Å²) in [6, 6.07) is 4.19. The third-order valence-corrected chi connectivity index (χ3v) is 4.19. The molecule has 0 radical (unpaired) electrons. The van der Waals surface area contributed by atoms with Gasteiger partial charge in [0, 0.05) is 11.1 Å². The predicted octanol–water partition coefficient (Wildman–Crippen LogP) is 4.58. The average Bonchev–Trinajstić information content (AvgIpc) is 2.26. The van der Waals surface area contributed by atoms with E-state index in [0.29, 0.717) is 10.8 Å². The fourth-order valence-corrected chi connectivity index (χ4v) is 3.23. The number of thiol groups is 1. The number of hydrogen-bond donors (Lipinski definition) is 1. The molecular weight excluding hydrogens is 244 g/mol. The molecule has 0 saturated carbocycles. The third-order valence-electron chi connectivity index (χ3n) is 3.29.